The number of aryl methyl sites for hydroxylation is 2. The van der Waals surface area contributed by atoms with Gasteiger partial charge >= 0.3 is 0 Å². The van der Waals surface area contributed by atoms with Crippen molar-refractivity contribution >= 4 is 17.3 Å². The van der Waals surface area contributed by atoms with E-state index in [-0.39, 0.29) is 16.7 Å². The number of hydrogen-bond donors (Lipinski definition) is 2. The summed E-state index contributed by atoms with van der Waals surface area (Å²) < 4.78 is 7.61. The average molecular weight is 487 g/mol. The number of anilines is 1. The van der Waals surface area contributed by atoms with Crippen molar-refractivity contribution in [2.45, 2.75) is 59.8 Å². The second-order valence-corrected chi connectivity index (χ2v) is 11.4. The predicted molar refractivity (Wildman–Crippen MR) is 147 cm³/mol. The maximum atomic E-state index is 12.6. The van der Waals surface area contributed by atoms with E-state index in [1.807, 2.05) is 17.6 Å². The van der Waals surface area contributed by atoms with Crippen LogP contribution in [0.2, 0.25) is 0 Å². The first-order valence-corrected chi connectivity index (χ1v) is 12.5. The first-order valence-electron chi connectivity index (χ1n) is 12.5. The van der Waals surface area contributed by atoms with Crippen LogP contribution in [0.25, 0.3) is 11.4 Å². The van der Waals surface area contributed by atoms with Gasteiger partial charge in [0.1, 0.15) is 17.8 Å². The molecule has 1 saturated carbocycles. The lowest BCUT2D eigenvalue weighted by molar-refractivity contribution is 0.0934. The molecule has 0 aliphatic heterocycles. The molecule has 190 valence electrons. The minimum Gasteiger partial charge on any atom is -0.494 e. The van der Waals surface area contributed by atoms with E-state index in [2.05, 4.69) is 81.1 Å². The maximum absolute atomic E-state index is 12.6. The molecule has 1 aliphatic carbocycles. The standard InChI is InChI=1S/C30H38N4O2/c1-19-9-10-22(14-26(19)34-16-25(32-18-34)28(35)31-17-29(4,5)6)21(3)33-24-15-23(30(7)11-12-30)13-20(2)27(24)36-8/h9-10,13-16,18,33H,3,11-12,17H2,1-2,4-8H3,(H,31,35). The molecule has 36 heavy (non-hydrogen) atoms. The van der Waals surface area contributed by atoms with Crippen LogP contribution in [0.4, 0.5) is 5.69 Å². The van der Waals surface area contributed by atoms with Gasteiger partial charge in [-0.15, -0.1) is 0 Å². The van der Waals surface area contributed by atoms with E-state index >= 15 is 0 Å². The van der Waals surface area contributed by atoms with E-state index in [0.29, 0.717) is 12.2 Å². The quantitative estimate of drug-likeness (QED) is 0.386. The van der Waals surface area contributed by atoms with Gasteiger partial charge in [0, 0.05) is 18.4 Å². The number of carbonyl (C=O) groups excluding carboxylic acids is 1. The van der Waals surface area contributed by atoms with E-state index in [9.17, 15) is 4.79 Å². The molecule has 4 rings (SSSR count). The van der Waals surface area contributed by atoms with Crippen molar-refractivity contribution in [2.75, 3.05) is 19.0 Å². The van der Waals surface area contributed by atoms with Gasteiger partial charge in [-0.3, -0.25) is 4.79 Å². The van der Waals surface area contributed by atoms with Crippen LogP contribution in [-0.2, 0) is 5.41 Å². The Hall–Kier alpha value is -3.54. The highest BCUT2D eigenvalue weighted by Gasteiger charge is 2.39. The molecular formula is C30H38N4O2. The normalized spacial score (nSPS) is 14.3. The highest BCUT2D eigenvalue weighted by atomic mass is 16.5. The number of imidazole rings is 1. The Morgan fingerprint density at radius 2 is 1.89 bits per heavy atom. The fourth-order valence-electron chi connectivity index (χ4n) is 4.28. The van der Waals surface area contributed by atoms with Crippen LogP contribution >= 0.6 is 0 Å². The van der Waals surface area contributed by atoms with Crippen molar-refractivity contribution in [3.63, 3.8) is 0 Å². The van der Waals surface area contributed by atoms with Gasteiger partial charge in [0.25, 0.3) is 5.91 Å². The van der Waals surface area contributed by atoms with Crippen LogP contribution in [0.5, 0.6) is 5.75 Å². The van der Waals surface area contributed by atoms with Gasteiger partial charge in [-0.05, 0) is 71.9 Å². The summed E-state index contributed by atoms with van der Waals surface area (Å²) in [7, 11) is 1.70. The van der Waals surface area contributed by atoms with Gasteiger partial charge in [-0.25, -0.2) is 4.98 Å². The smallest absolute Gasteiger partial charge is 0.271 e. The Morgan fingerprint density at radius 3 is 2.53 bits per heavy atom. The summed E-state index contributed by atoms with van der Waals surface area (Å²) in [5, 5.41) is 6.46. The van der Waals surface area contributed by atoms with Crippen molar-refractivity contribution < 1.29 is 9.53 Å². The van der Waals surface area contributed by atoms with Crippen molar-refractivity contribution in [2.24, 2.45) is 5.41 Å². The molecule has 1 aliphatic rings. The average Bonchev–Trinajstić information content (AvgIpc) is 3.37. The minimum atomic E-state index is -0.171. The minimum absolute atomic E-state index is 0.00755. The summed E-state index contributed by atoms with van der Waals surface area (Å²) in [6.07, 6.45) is 5.87. The third kappa shape index (κ3) is 5.48. The molecule has 6 heteroatoms. The van der Waals surface area contributed by atoms with Gasteiger partial charge in [-0.1, -0.05) is 52.5 Å². The van der Waals surface area contributed by atoms with E-state index in [4.69, 9.17) is 4.74 Å². The lowest BCUT2D eigenvalue weighted by Crippen LogP contribution is -2.32. The summed E-state index contributed by atoms with van der Waals surface area (Å²) in [6, 6.07) is 10.6. The van der Waals surface area contributed by atoms with Gasteiger partial charge in [-0.2, -0.15) is 0 Å². The number of rotatable bonds is 8. The third-order valence-electron chi connectivity index (χ3n) is 6.89. The second kappa shape index (κ2) is 9.49. The molecule has 3 aromatic rings. The highest BCUT2D eigenvalue weighted by Crippen LogP contribution is 2.49. The fraction of sp³-hybridized carbons (Fsp3) is 0.400. The topological polar surface area (TPSA) is 68.2 Å². The molecule has 2 aromatic carbocycles. The van der Waals surface area contributed by atoms with Crippen molar-refractivity contribution in [1.29, 1.82) is 0 Å². The Kier molecular flexibility index (Phi) is 6.74. The zero-order chi connectivity index (χ0) is 26.3. The summed E-state index contributed by atoms with van der Waals surface area (Å²) >= 11 is 0. The Morgan fingerprint density at radius 1 is 1.17 bits per heavy atom. The number of aromatic nitrogens is 2. The van der Waals surface area contributed by atoms with E-state index in [1.54, 1.807) is 19.6 Å². The first kappa shape index (κ1) is 25.5. The van der Waals surface area contributed by atoms with E-state index < -0.39 is 0 Å². The number of methoxy groups -OCH3 is 1. The largest absolute Gasteiger partial charge is 0.494 e. The highest BCUT2D eigenvalue weighted by molar-refractivity contribution is 5.92. The zero-order valence-corrected chi connectivity index (χ0v) is 22.6. The first-order chi connectivity index (χ1) is 16.9. The lowest BCUT2D eigenvalue weighted by Gasteiger charge is -2.20. The summed E-state index contributed by atoms with van der Waals surface area (Å²) in [5.41, 5.74) is 7.76. The number of nitrogens with one attached hydrogen (secondary N) is 2. The van der Waals surface area contributed by atoms with Crippen LogP contribution in [0.3, 0.4) is 0 Å². The fourth-order valence-corrected chi connectivity index (χ4v) is 4.28. The predicted octanol–water partition coefficient (Wildman–Crippen LogP) is 6.41. The van der Waals surface area contributed by atoms with Crippen LogP contribution in [0, 0.1) is 19.3 Å². The van der Waals surface area contributed by atoms with Gasteiger partial charge in [0.2, 0.25) is 0 Å². The van der Waals surface area contributed by atoms with Crippen LogP contribution in [-0.4, -0.2) is 29.1 Å². The molecule has 0 saturated heterocycles. The van der Waals surface area contributed by atoms with Gasteiger partial charge in [0.15, 0.2) is 0 Å². The molecule has 0 spiro atoms. The van der Waals surface area contributed by atoms with Crippen LogP contribution < -0.4 is 15.4 Å². The number of hydrogen-bond acceptors (Lipinski definition) is 4. The second-order valence-electron chi connectivity index (χ2n) is 11.4. The zero-order valence-electron chi connectivity index (χ0n) is 22.6. The van der Waals surface area contributed by atoms with Gasteiger partial charge in [0.05, 0.1) is 18.5 Å². The molecule has 0 radical (unpaired) electrons. The molecule has 0 bridgehead atoms. The number of benzene rings is 2. The third-order valence-corrected chi connectivity index (χ3v) is 6.89. The number of carbonyl (C=O) groups is 1. The summed E-state index contributed by atoms with van der Waals surface area (Å²) in [6.45, 7) is 17.6. The molecule has 1 fully saturated rings. The van der Waals surface area contributed by atoms with E-state index in [0.717, 1.165) is 39.5 Å². The number of amides is 1. The van der Waals surface area contributed by atoms with Crippen molar-refractivity contribution in [3.05, 3.63) is 77.4 Å². The molecule has 2 N–H and O–H groups in total. The molecule has 0 unspecified atom stereocenters. The Balaban J connectivity index is 1.57. The molecule has 1 heterocycles. The molecule has 1 amide bonds. The van der Waals surface area contributed by atoms with Crippen molar-refractivity contribution in [3.8, 4) is 11.4 Å². The summed E-state index contributed by atoms with van der Waals surface area (Å²) in [5.74, 6) is 0.660. The SMILES string of the molecule is C=C(Nc1cc(C2(C)CC2)cc(C)c1OC)c1ccc(C)c(-n2cnc(C(=O)NCC(C)(C)C)c2)c1. The molecule has 0 atom stereocenters. The molecule has 1 aromatic heterocycles. The van der Waals surface area contributed by atoms with Crippen LogP contribution in [0.15, 0.2) is 49.4 Å². The van der Waals surface area contributed by atoms with Crippen molar-refractivity contribution in [1.82, 2.24) is 14.9 Å². The molecular weight excluding hydrogens is 448 g/mol. The number of ether oxygens (including phenoxy) is 1. The Bertz CT molecular complexity index is 1310. The summed E-state index contributed by atoms with van der Waals surface area (Å²) in [4.78, 5) is 16.9. The van der Waals surface area contributed by atoms with Gasteiger partial charge < -0.3 is 19.9 Å². The maximum Gasteiger partial charge on any atom is 0.271 e. The molecule has 6 nitrogen and oxygen atoms in total. The monoisotopic (exact) mass is 486 g/mol. The Labute approximate surface area is 214 Å². The van der Waals surface area contributed by atoms with E-state index in [1.165, 1.54) is 18.4 Å². The van der Waals surface area contributed by atoms with Crippen LogP contribution in [0.1, 0.15) is 73.3 Å². The number of nitrogens with zero attached hydrogens (tertiary/aromatic N) is 2. The lowest BCUT2D eigenvalue weighted by atomic mass is 9.95.